The van der Waals surface area contributed by atoms with Crippen LogP contribution in [0.2, 0.25) is 0 Å². The van der Waals surface area contributed by atoms with Crippen LogP contribution in [0.3, 0.4) is 0 Å². The molecule has 1 amide bonds. The highest BCUT2D eigenvalue weighted by molar-refractivity contribution is 5.85. The van der Waals surface area contributed by atoms with Crippen LogP contribution in [0.25, 0.3) is 0 Å². The monoisotopic (exact) mass is 278 g/mol. The van der Waals surface area contributed by atoms with E-state index < -0.39 is 11.6 Å². The molecule has 1 aromatic rings. The van der Waals surface area contributed by atoms with Crippen LogP contribution in [-0.4, -0.2) is 19.5 Å². The van der Waals surface area contributed by atoms with Crippen LogP contribution in [-0.2, 0) is 4.79 Å². The molecule has 1 rings (SSSR count). The average molecular weight is 279 g/mol. The molecule has 18 heavy (non-hydrogen) atoms. The zero-order valence-electron chi connectivity index (χ0n) is 10.3. The fourth-order valence-corrected chi connectivity index (χ4v) is 1.42. The number of hydrogen-bond acceptors (Lipinski definition) is 2. The summed E-state index contributed by atoms with van der Waals surface area (Å²) in [5, 5.41) is 5.57. The quantitative estimate of drug-likeness (QED) is 0.867. The van der Waals surface area contributed by atoms with Crippen molar-refractivity contribution in [1.82, 2.24) is 10.6 Å². The molecule has 1 atom stereocenters. The van der Waals surface area contributed by atoms with E-state index in [1.54, 1.807) is 14.0 Å². The van der Waals surface area contributed by atoms with E-state index in [-0.39, 0.29) is 24.4 Å². The van der Waals surface area contributed by atoms with Gasteiger partial charge < -0.3 is 10.6 Å². The van der Waals surface area contributed by atoms with Crippen molar-refractivity contribution in [3.8, 4) is 0 Å². The normalized spacial score (nSPS) is 11.6. The first kappa shape index (κ1) is 16.8. The van der Waals surface area contributed by atoms with Gasteiger partial charge in [-0.05, 0) is 31.7 Å². The minimum Gasteiger partial charge on any atom is -0.350 e. The largest absolute Gasteiger partial charge is 0.350 e. The van der Waals surface area contributed by atoms with Crippen molar-refractivity contribution in [2.45, 2.75) is 19.4 Å². The second kappa shape index (κ2) is 8.00. The molecule has 0 aromatic heterocycles. The van der Waals surface area contributed by atoms with Gasteiger partial charge in [-0.3, -0.25) is 4.79 Å². The molecule has 6 heteroatoms. The van der Waals surface area contributed by atoms with Crippen LogP contribution in [0.4, 0.5) is 8.78 Å². The maximum absolute atomic E-state index is 13.0. The van der Waals surface area contributed by atoms with Crippen molar-refractivity contribution in [1.29, 1.82) is 0 Å². The van der Waals surface area contributed by atoms with Gasteiger partial charge in [-0.2, -0.15) is 0 Å². The maximum Gasteiger partial charge on any atom is 0.221 e. The highest BCUT2D eigenvalue weighted by atomic mass is 35.5. The fourth-order valence-electron chi connectivity index (χ4n) is 1.42. The van der Waals surface area contributed by atoms with E-state index >= 15 is 0 Å². The van der Waals surface area contributed by atoms with Gasteiger partial charge in [0.25, 0.3) is 0 Å². The van der Waals surface area contributed by atoms with Crippen molar-refractivity contribution in [3.63, 3.8) is 0 Å². The highest BCUT2D eigenvalue weighted by Gasteiger charge is 2.11. The lowest BCUT2D eigenvalue weighted by Gasteiger charge is -2.14. The van der Waals surface area contributed by atoms with Crippen molar-refractivity contribution in [2.75, 3.05) is 13.6 Å². The minimum atomic E-state index is -0.904. The van der Waals surface area contributed by atoms with E-state index in [0.717, 1.165) is 12.1 Å². The molecular weight excluding hydrogens is 262 g/mol. The number of nitrogens with one attached hydrogen (secondary N) is 2. The lowest BCUT2D eigenvalue weighted by Crippen LogP contribution is -2.29. The second-order valence-corrected chi connectivity index (χ2v) is 3.82. The third-order valence-corrected chi connectivity index (χ3v) is 2.42. The number of hydrogen-bond donors (Lipinski definition) is 2. The van der Waals surface area contributed by atoms with Crippen LogP contribution in [0.15, 0.2) is 18.2 Å². The van der Waals surface area contributed by atoms with Gasteiger partial charge in [0, 0.05) is 13.0 Å². The lowest BCUT2D eigenvalue weighted by atomic mass is 10.1. The average Bonchev–Trinajstić information content (AvgIpc) is 2.30. The molecule has 0 spiro atoms. The molecular formula is C12H17ClF2N2O. The lowest BCUT2D eigenvalue weighted by molar-refractivity contribution is -0.121. The fraction of sp³-hybridized carbons (Fsp3) is 0.417. The van der Waals surface area contributed by atoms with Crippen LogP contribution in [0.5, 0.6) is 0 Å². The Labute approximate surface area is 111 Å². The minimum absolute atomic E-state index is 0. The summed E-state index contributed by atoms with van der Waals surface area (Å²) in [4.78, 5) is 11.4. The Morgan fingerprint density at radius 1 is 1.33 bits per heavy atom. The van der Waals surface area contributed by atoms with Crippen LogP contribution in [0, 0.1) is 11.6 Å². The summed E-state index contributed by atoms with van der Waals surface area (Å²) >= 11 is 0. The molecule has 0 saturated heterocycles. The molecule has 0 aliphatic rings. The van der Waals surface area contributed by atoms with E-state index in [1.807, 2.05) is 0 Å². The van der Waals surface area contributed by atoms with E-state index in [1.165, 1.54) is 6.07 Å². The SMILES string of the molecule is CNCCC(=O)NC(C)c1ccc(F)c(F)c1.Cl. The van der Waals surface area contributed by atoms with E-state index in [9.17, 15) is 13.6 Å². The Hall–Kier alpha value is -1.20. The Kier molecular flexibility index (Phi) is 7.47. The zero-order chi connectivity index (χ0) is 12.8. The van der Waals surface area contributed by atoms with Crippen molar-refractivity contribution < 1.29 is 13.6 Å². The standard InChI is InChI=1S/C12H16F2N2O.ClH/c1-8(16-12(17)5-6-15-2)9-3-4-10(13)11(14)7-9;/h3-4,7-8,15H,5-6H2,1-2H3,(H,16,17);1H. The van der Waals surface area contributed by atoms with Crippen molar-refractivity contribution >= 4 is 18.3 Å². The second-order valence-electron chi connectivity index (χ2n) is 3.82. The zero-order valence-corrected chi connectivity index (χ0v) is 11.1. The van der Waals surface area contributed by atoms with Crippen LogP contribution < -0.4 is 10.6 Å². The van der Waals surface area contributed by atoms with E-state index in [2.05, 4.69) is 10.6 Å². The summed E-state index contributed by atoms with van der Waals surface area (Å²) in [6.07, 6.45) is 0.352. The first-order chi connectivity index (χ1) is 8.04. The summed E-state index contributed by atoms with van der Waals surface area (Å²) < 4.78 is 25.7. The number of carbonyl (C=O) groups is 1. The molecule has 3 nitrogen and oxygen atoms in total. The van der Waals surface area contributed by atoms with Gasteiger partial charge in [0.2, 0.25) is 5.91 Å². The van der Waals surface area contributed by atoms with Crippen molar-refractivity contribution in [2.24, 2.45) is 0 Å². The molecule has 0 radical (unpaired) electrons. The maximum atomic E-state index is 13.0. The third-order valence-electron chi connectivity index (χ3n) is 2.42. The van der Waals surface area contributed by atoms with E-state index in [4.69, 9.17) is 0 Å². The van der Waals surface area contributed by atoms with Crippen LogP contribution in [0.1, 0.15) is 24.9 Å². The number of halogens is 3. The van der Waals surface area contributed by atoms with Gasteiger partial charge >= 0.3 is 0 Å². The highest BCUT2D eigenvalue weighted by Crippen LogP contribution is 2.15. The first-order valence-electron chi connectivity index (χ1n) is 5.43. The summed E-state index contributed by atoms with van der Waals surface area (Å²) in [5.74, 6) is -1.92. The Morgan fingerprint density at radius 3 is 2.56 bits per heavy atom. The number of carbonyl (C=O) groups excluding carboxylic acids is 1. The predicted octanol–water partition coefficient (Wildman–Crippen LogP) is 2.17. The Morgan fingerprint density at radius 2 is 2.00 bits per heavy atom. The van der Waals surface area contributed by atoms with Gasteiger partial charge in [-0.25, -0.2) is 8.78 Å². The third kappa shape index (κ3) is 4.98. The molecule has 0 fully saturated rings. The number of amides is 1. The Bertz CT molecular complexity index is 402. The molecule has 2 N–H and O–H groups in total. The molecule has 0 heterocycles. The van der Waals surface area contributed by atoms with Gasteiger partial charge in [-0.1, -0.05) is 6.07 Å². The van der Waals surface area contributed by atoms with Gasteiger partial charge in [-0.15, -0.1) is 12.4 Å². The van der Waals surface area contributed by atoms with Gasteiger partial charge in [0.15, 0.2) is 11.6 Å². The van der Waals surface area contributed by atoms with Gasteiger partial charge in [0.1, 0.15) is 0 Å². The van der Waals surface area contributed by atoms with Crippen LogP contribution >= 0.6 is 12.4 Å². The molecule has 0 saturated carbocycles. The molecule has 0 aliphatic carbocycles. The Balaban J connectivity index is 0.00000289. The smallest absolute Gasteiger partial charge is 0.221 e. The summed E-state index contributed by atoms with van der Waals surface area (Å²) in [6, 6.07) is 3.27. The molecule has 1 aromatic carbocycles. The molecule has 0 bridgehead atoms. The summed E-state index contributed by atoms with van der Waals surface area (Å²) in [6.45, 7) is 2.31. The van der Waals surface area contributed by atoms with E-state index in [0.29, 0.717) is 18.5 Å². The summed E-state index contributed by atoms with van der Waals surface area (Å²) in [5.41, 5.74) is 0.543. The molecule has 102 valence electrons. The first-order valence-corrected chi connectivity index (χ1v) is 5.43. The van der Waals surface area contributed by atoms with Gasteiger partial charge in [0.05, 0.1) is 6.04 Å². The molecule has 1 unspecified atom stereocenters. The van der Waals surface area contributed by atoms with Crippen molar-refractivity contribution in [3.05, 3.63) is 35.4 Å². The predicted molar refractivity (Wildman–Crippen MR) is 68.7 cm³/mol. The topological polar surface area (TPSA) is 41.1 Å². The number of benzene rings is 1. The molecule has 0 aliphatic heterocycles. The number of rotatable bonds is 5. The summed E-state index contributed by atoms with van der Waals surface area (Å²) in [7, 11) is 1.76.